The van der Waals surface area contributed by atoms with E-state index in [4.69, 9.17) is 15.5 Å². The number of nitrogens with zero attached hydrogens (tertiary/aromatic N) is 2. The zero-order chi connectivity index (χ0) is 20.9. The van der Waals surface area contributed by atoms with Gasteiger partial charge in [-0.3, -0.25) is 4.79 Å². The van der Waals surface area contributed by atoms with Gasteiger partial charge in [0.2, 0.25) is 0 Å². The molecule has 5 rings (SSSR count). The molecule has 0 bridgehead atoms. The fraction of sp³-hybridized carbons (Fsp3) is 0.409. The van der Waals surface area contributed by atoms with Crippen molar-refractivity contribution in [2.75, 3.05) is 5.75 Å². The van der Waals surface area contributed by atoms with E-state index in [0.717, 1.165) is 46.5 Å². The third-order valence-electron chi connectivity index (χ3n) is 6.29. The van der Waals surface area contributed by atoms with E-state index >= 15 is 0 Å². The summed E-state index contributed by atoms with van der Waals surface area (Å²) in [6, 6.07) is 11.7. The molecule has 2 unspecified atom stereocenters. The SMILES string of the molecule is Cc1cccc(C(=O)NC2CC[C@@H]3Oc4ccc(Br)cc4C4(CSC(N)=N4)[C@H]3C2)n1. The summed E-state index contributed by atoms with van der Waals surface area (Å²) in [5.41, 5.74) is 8.10. The highest BCUT2D eigenvalue weighted by Gasteiger charge is 2.54. The van der Waals surface area contributed by atoms with Crippen LogP contribution in [0.1, 0.15) is 41.0 Å². The van der Waals surface area contributed by atoms with Crippen LogP contribution in [0.3, 0.4) is 0 Å². The fourth-order valence-electron chi connectivity index (χ4n) is 4.93. The first-order valence-corrected chi connectivity index (χ1v) is 11.9. The maximum absolute atomic E-state index is 12.8. The van der Waals surface area contributed by atoms with Gasteiger partial charge < -0.3 is 15.8 Å². The molecule has 1 saturated carbocycles. The van der Waals surface area contributed by atoms with E-state index in [1.807, 2.05) is 31.2 Å². The Hall–Kier alpha value is -2.06. The predicted octanol–water partition coefficient (Wildman–Crippen LogP) is 3.77. The minimum absolute atomic E-state index is 0.0530. The van der Waals surface area contributed by atoms with Gasteiger partial charge in [-0.15, -0.1) is 0 Å². The van der Waals surface area contributed by atoms with Crippen molar-refractivity contribution >= 4 is 38.8 Å². The molecular weight excluding hydrogens is 464 g/mol. The lowest BCUT2D eigenvalue weighted by Crippen LogP contribution is -2.54. The number of benzene rings is 1. The summed E-state index contributed by atoms with van der Waals surface area (Å²) >= 11 is 5.20. The molecule has 8 heteroatoms. The third-order valence-corrected chi connectivity index (χ3v) is 7.76. The average molecular weight is 487 g/mol. The Kier molecular flexibility index (Phi) is 5.01. The van der Waals surface area contributed by atoms with E-state index in [1.54, 1.807) is 17.8 Å². The molecule has 1 aliphatic carbocycles. The molecule has 6 nitrogen and oxygen atoms in total. The van der Waals surface area contributed by atoms with Crippen molar-refractivity contribution in [3.05, 3.63) is 57.8 Å². The normalized spacial score (nSPS) is 29.5. The molecule has 4 atom stereocenters. The van der Waals surface area contributed by atoms with Crippen LogP contribution in [0.25, 0.3) is 0 Å². The number of hydrogen-bond acceptors (Lipinski definition) is 6. The van der Waals surface area contributed by atoms with E-state index in [9.17, 15) is 4.79 Å². The monoisotopic (exact) mass is 486 g/mol. The highest BCUT2D eigenvalue weighted by molar-refractivity contribution is 9.10. The number of carbonyl (C=O) groups is 1. The highest BCUT2D eigenvalue weighted by atomic mass is 79.9. The summed E-state index contributed by atoms with van der Waals surface area (Å²) in [6.45, 7) is 1.89. The number of aromatic nitrogens is 1. The number of nitrogens with two attached hydrogens (primary N) is 1. The Morgan fingerprint density at radius 1 is 1.33 bits per heavy atom. The molecule has 1 amide bonds. The molecular formula is C22H23BrN4O2S. The van der Waals surface area contributed by atoms with Crippen molar-refractivity contribution in [2.45, 2.75) is 43.9 Å². The average Bonchev–Trinajstić information content (AvgIpc) is 3.12. The van der Waals surface area contributed by atoms with Gasteiger partial charge in [-0.25, -0.2) is 9.98 Å². The summed E-state index contributed by atoms with van der Waals surface area (Å²) in [7, 11) is 0. The molecule has 3 aliphatic rings. The highest BCUT2D eigenvalue weighted by Crippen LogP contribution is 2.54. The fourth-order valence-corrected chi connectivity index (χ4v) is 6.32. The Balaban J connectivity index is 1.44. The number of amidine groups is 1. The molecule has 3 heterocycles. The van der Waals surface area contributed by atoms with Crippen molar-refractivity contribution in [2.24, 2.45) is 16.6 Å². The van der Waals surface area contributed by atoms with Gasteiger partial charge in [-0.05, 0) is 56.5 Å². The number of carbonyl (C=O) groups excluding carboxylic acids is 1. The molecule has 3 N–H and O–H groups in total. The number of aryl methyl sites for hydroxylation is 1. The first-order valence-electron chi connectivity index (χ1n) is 10.1. The zero-order valence-electron chi connectivity index (χ0n) is 16.6. The molecule has 30 heavy (non-hydrogen) atoms. The Morgan fingerprint density at radius 2 is 2.20 bits per heavy atom. The topological polar surface area (TPSA) is 89.6 Å². The molecule has 1 aromatic heterocycles. The quantitative estimate of drug-likeness (QED) is 0.674. The van der Waals surface area contributed by atoms with Crippen LogP contribution in [0.15, 0.2) is 45.9 Å². The molecule has 2 aliphatic heterocycles. The van der Waals surface area contributed by atoms with E-state index in [1.165, 1.54) is 0 Å². The number of fused-ring (bicyclic) bond motifs is 4. The van der Waals surface area contributed by atoms with Gasteiger partial charge in [-0.1, -0.05) is 33.8 Å². The summed E-state index contributed by atoms with van der Waals surface area (Å²) in [5, 5.41) is 3.82. The summed E-state index contributed by atoms with van der Waals surface area (Å²) in [4.78, 5) is 22.1. The van der Waals surface area contributed by atoms with Crippen molar-refractivity contribution < 1.29 is 9.53 Å². The smallest absolute Gasteiger partial charge is 0.270 e. The van der Waals surface area contributed by atoms with Crippen LogP contribution in [-0.2, 0) is 5.54 Å². The molecule has 2 aromatic rings. The first-order chi connectivity index (χ1) is 14.4. The summed E-state index contributed by atoms with van der Waals surface area (Å²) in [6.07, 6.45) is 2.60. The number of aliphatic imine (C=N–C) groups is 1. The molecule has 0 radical (unpaired) electrons. The van der Waals surface area contributed by atoms with Crippen LogP contribution < -0.4 is 15.8 Å². The van der Waals surface area contributed by atoms with E-state index in [-0.39, 0.29) is 24.0 Å². The van der Waals surface area contributed by atoms with Crippen LogP contribution in [-0.4, -0.2) is 34.0 Å². The largest absolute Gasteiger partial charge is 0.490 e. The standard InChI is InChI=1S/C22H23BrN4O2S/c1-12-3-2-4-17(25-12)20(28)26-14-6-8-19-16(10-14)22(11-30-21(24)27-22)15-9-13(23)5-7-18(15)29-19/h2-5,7,9,14,16,19H,6,8,10-11H2,1H3,(H2,24,27)(H,26,28)/t14?,16-,19-,22?/m0/s1. The van der Waals surface area contributed by atoms with Crippen molar-refractivity contribution in [1.82, 2.24) is 10.3 Å². The number of rotatable bonds is 2. The Bertz CT molecular complexity index is 1050. The first kappa shape index (κ1) is 19.9. The summed E-state index contributed by atoms with van der Waals surface area (Å²) in [5.74, 6) is 1.72. The maximum atomic E-state index is 12.8. The minimum atomic E-state index is -0.415. The molecule has 1 spiro atoms. The maximum Gasteiger partial charge on any atom is 0.270 e. The number of halogens is 1. The predicted molar refractivity (Wildman–Crippen MR) is 122 cm³/mol. The summed E-state index contributed by atoms with van der Waals surface area (Å²) < 4.78 is 7.40. The number of pyridine rings is 1. The van der Waals surface area contributed by atoms with Gasteiger partial charge in [0.25, 0.3) is 5.91 Å². The number of nitrogens with one attached hydrogen (secondary N) is 1. The van der Waals surface area contributed by atoms with Gasteiger partial charge in [-0.2, -0.15) is 0 Å². The van der Waals surface area contributed by atoms with Crippen LogP contribution in [0.2, 0.25) is 0 Å². The van der Waals surface area contributed by atoms with E-state index in [0.29, 0.717) is 10.9 Å². The van der Waals surface area contributed by atoms with E-state index < -0.39 is 5.54 Å². The molecule has 0 saturated heterocycles. The number of hydrogen-bond donors (Lipinski definition) is 2. The van der Waals surface area contributed by atoms with Gasteiger partial charge in [0.1, 0.15) is 23.1 Å². The lowest BCUT2D eigenvalue weighted by Gasteiger charge is -2.48. The van der Waals surface area contributed by atoms with Gasteiger partial charge in [0.05, 0.1) is 0 Å². The second-order valence-electron chi connectivity index (χ2n) is 8.21. The molecule has 156 valence electrons. The lowest BCUT2D eigenvalue weighted by molar-refractivity contribution is 0.0155. The van der Waals surface area contributed by atoms with Crippen LogP contribution in [0.4, 0.5) is 0 Å². The third kappa shape index (κ3) is 3.39. The second kappa shape index (κ2) is 7.57. The van der Waals surface area contributed by atoms with Crippen molar-refractivity contribution in [3.63, 3.8) is 0 Å². The van der Waals surface area contributed by atoms with Crippen LogP contribution in [0.5, 0.6) is 5.75 Å². The van der Waals surface area contributed by atoms with Crippen molar-refractivity contribution in [3.8, 4) is 5.75 Å². The number of ether oxygens (including phenoxy) is 1. The Labute approximate surface area is 188 Å². The van der Waals surface area contributed by atoms with Gasteiger partial charge in [0.15, 0.2) is 5.17 Å². The van der Waals surface area contributed by atoms with Crippen molar-refractivity contribution in [1.29, 1.82) is 0 Å². The van der Waals surface area contributed by atoms with Crippen LogP contribution >= 0.6 is 27.7 Å². The van der Waals surface area contributed by atoms with Gasteiger partial charge >= 0.3 is 0 Å². The molecule has 1 fully saturated rings. The number of thioether (sulfide) groups is 1. The minimum Gasteiger partial charge on any atom is -0.490 e. The zero-order valence-corrected chi connectivity index (χ0v) is 19.0. The second-order valence-corrected chi connectivity index (χ2v) is 10.1. The number of amides is 1. The Morgan fingerprint density at radius 3 is 2.97 bits per heavy atom. The lowest BCUT2D eigenvalue weighted by atomic mass is 9.67. The van der Waals surface area contributed by atoms with E-state index in [2.05, 4.69) is 32.3 Å². The van der Waals surface area contributed by atoms with Crippen LogP contribution in [0, 0.1) is 12.8 Å². The molecule has 1 aromatic carbocycles. The van der Waals surface area contributed by atoms with Gasteiger partial charge in [0, 0.05) is 33.4 Å².